The number of allylic oxidation sites excluding steroid dienone is 4. The molecule has 0 saturated carbocycles. The van der Waals surface area contributed by atoms with E-state index in [-0.39, 0.29) is 51.1 Å². The summed E-state index contributed by atoms with van der Waals surface area (Å²) in [6.45, 7) is 3.92. The van der Waals surface area contributed by atoms with Crippen molar-refractivity contribution in [3.63, 3.8) is 0 Å². The van der Waals surface area contributed by atoms with E-state index in [2.05, 4.69) is 43.5 Å². The summed E-state index contributed by atoms with van der Waals surface area (Å²) in [6, 6.07) is 0. The highest BCUT2D eigenvalue weighted by molar-refractivity contribution is 7.47. The quantitative estimate of drug-likeness (QED) is 0.0181. The van der Waals surface area contributed by atoms with Crippen LogP contribution in [0.15, 0.2) is 24.3 Å². The van der Waals surface area contributed by atoms with E-state index in [9.17, 15) is 19.0 Å². The molecule has 0 aromatic rings. The second-order valence-electron chi connectivity index (χ2n) is 14.9. The Morgan fingerprint density at radius 3 is 1.49 bits per heavy atom. The van der Waals surface area contributed by atoms with E-state index in [1.165, 1.54) is 89.9 Å². The molecule has 4 N–H and O–H groups in total. The van der Waals surface area contributed by atoms with Gasteiger partial charge in [-0.1, -0.05) is 141 Å². The minimum atomic E-state index is -4.38. The lowest BCUT2D eigenvalue weighted by atomic mass is 10.1. The zero-order valence-corrected chi connectivity index (χ0v) is 34.7. The molecule has 53 heavy (non-hydrogen) atoms. The predicted octanol–water partition coefficient (Wildman–Crippen LogP) is 10.9. The number of esters is 2. The summed E-state index contributed by atoms with van der Waals surface area (Å²) in [4.78, 5) is 35.1. The Labute approximate surface area is 323 Å². The molecule has 0 aliphatic carbocycles. The van der Waals surface area contributed by atoms with E-state index in [4.69, 9.17) is 24.3 Å². The average molecular weight is 771 g/mol. The molecular formula is C42H79N2O8P. The van der Waals surface area contributed by atoms with Crippen molar-refractivity contribution < 1.29 is 37.6 Å². The van der Waals surface area contributed by atoms with Gasteiger partial charge in [-0.05, 0) is 64.2 Å². The smallest absolute Gasteiger partial charge is 0.463 e. The maximum Gasteiger partial charge on any atom is 0.472 e. The molecule has 1 rings (SSSR count). The summed E-state index contributed by atoms with van der Waals surface area (Å²) in [7, 11) is -4.38. The summed E-state index contributed by atoms with van der Waals surface area (Å²) in [5, 5.41) is 3.00. The lowest BCUT2D eigenvalue weighted by molar-refractivity contribution is -0.148. The van der Waals surface area contributed by atoms with Crippen LogP contribution in [-0.2, 0) is 32.7 Å². The van der Waals surface area contributed by atoms with Gasteiger partial charge in [0.2, 0.25) is 0 Å². The second-order valence-corrected chi connectivity index (χ2v) is 16.3. The Kier molecular flexibility index (Phi) is 31.5. The van der Waals surface area contributed by atoms with Gasteiger partial charge < -0.3 is 20.1 Å². The van der Waals surface area contributed by atoms with E-state index in [1.54, 1.807) is 0 Å². The molecule has 1 saturated heterocycles. The van der Waals surface area contributed by atoms with Crippen molar-refractivity contribution in [1.29, 1.82) is 0 Å². The van der Waals surface area contributed by atoms with Gasteiger partial charge in [0.25, 0.3) is 0 Å². The van der Waals surface area contributed by atoms with Gasteiger partial charge in [0.1, 0.15) is 12.1 Å². The molecule has 10 nitrogen and oxygen atoms in total. The maximum absolute atomic E-state index is 12.6. The molecule has 3 atom stereocenters. The molecule has 3 unspecified atom stereocenters. The first-order valence-electron chi connectivity index (χ1n) is 21.5. The molecule has 1 heterocycles. The molecule has 1 aliphatic rings. The highest BCUT2D eigenvalue weighted by atomic mass is 31.2. The van der Waals surface area contributed by atoms with Gasteiger partial charge in [-0.3, -0.25) is 24.0 Å². The van der Waals surface area contributed by atoms with Crippen LogP contribution in [0.2, 0.25) is 0 Å². The SMILES string of the molecule is CCCCCCCCC=CCCCCCCCC(=O)OCC1(COP(=O)(O)OCCN)NC1OC(=O)CCCCCCCC=CCCCCCCCC. The average Bonchev–Trinajstić information content (AvgIpc) is 3.83. The van der Waals surface area contributed by atoms with Crippen molar-refractivity contribution in [2.24, 2.45) is 5.73 Å². The molecule has 0 amide bonds. The summed E-state index contributed by atoms with van der Waals surface area (Å²) >= 11 is 0. The van der Waals surface area contributed by atoms with E-state index in [0.29, 0.717) is 0 Å². The number of hydrogen-bond donors (Lipinski definition) is 3. The van der Waals surface area contributed by atoms with Crippen molar-refractivity contribution in [3.05, 3.63) is 24.3 Å². The molecule has 0 aromatic heterocycles. The van der Waals surface area contributed by atoms with E-state index < -0.39 is 19.6 Å². The number of phosphoric ester groups is 1. The predicted molar refractivity (Wildman–Crippen MR) is 216 cm³/mol. The van der Waals surface area contributed by atoms with Crippen molar-refractivity contribution in [1.82, 2.24) is 5.32 Å². The van der Waals surface area contributed by atoms with Crippen LogP contribution in [0.25, 0.3) is 0 Å². The fourth-order valence-electron chi connectivity index (χ4n) is 6.19. The molecule has 310 valence electrons. The number of nitrogens with one attached hydrogen (secondary N) is 1. The van der Waals surface area contributed by atoms with Gasteiger partial charge in [-0.15, -0.1) is 0 Å². The number of carbonyl (C=O) groups excluding carboxylic acids is 2. The zero-order valence-electron chi connectivity index (χ0n) is 33.8. The fraction of sp³-hybridized carbons (Fsp3) is 0.857. The first-order chi connectivity index (χ1) is 25.8. The first-order valence-corrected chi connectivity index (χ1v) is 23.0. The number of phosphoric acid groups is 1. The molecule has 0 bridgehead atoms. The van der Waals surface area contributed by atoms with Crippen LogP contribution in [-0.4, -0.2) is 55.0 Å². The summed E-state index contributed by atoms with van der Waals surface area (Å²) in [6.07, 6.45) is 39.6. The van der Waals surface area contributed by atoms with Crippen LogP contribution in [0, 0.1) is 0 Å². The molecule has 0 spiro atoms. The summed E-state index contributed by atoms with van der Waals surface area (Å²) in [5.41, 5.74) is 4.26. The van der Waals surface area contributed by atoms with Gasteiger partial charge >= 0.3 is 19.8 Å². The standard InChI is InChI=1S/C42H79N2O8P/c1-3-5-7-9-11-13-15-17-19-21-23-25-27-29-31-33-39(45)49-37-42(38-51-53(47,48)50-36-35-43)41(44-42)52-40(46)34-32-30-28-26-24-22-20-18-16-14-12-10-8-6-4-2/h17-20,41,44H,3-16,21-38,43H2,1-2H3,(H,47,48). The van der Waals surface area contributed by atoms with Gasteiger partial charge in [0, 0.05) is 19.4 Å². The van der Waals surface area contributed by atoms with Crippen LogP contribution in [0.1, 0.15) is 194 Å². The third-order valence-corrected chi connectivity index (χ3v) is 10.7. The van der Waals surface area contributed by atoms with E-state index >= 15 is 0 Å². The first kappa shape index (κ1) is 49.5. The fourth-order valence-corrected chi connectivity index (χ4v) is 7.00. The van der Waals surface area contributed by atoms with Gasteiger partial charge in [0.05, 0.1) is 13.2 Å². The topological polar surface area (TPSA) is 156 Å². The Morgan fingerprint density at radius 2 is 1.04 bits per heavy atom. The van der Waals surface area contributed by atoms with Crippen LogP contribution >= 0.6 is 7.82 Å². The van der Waals surface area contributed by atoms with Gasteiger partial charge in [-0.25, -0.2) is 4.57 Å². The molecule has 0 aromatic carbocycles. The third-order valence-electron chi connectivity index (χ3n) is 9.72. The molecule has 11 heteroatoms. The summed E-state index contributed by atoms with van der Waals surface area (Å²) in [5.74, 6) is -0.728. The second kappa shape index (κ2) is 33.8. The molecular weight excluding hydrogens is 691 g/mol. The zero-order chi connectivity index (χ0) is 38.7. The van der Waals surface area contributed by atoms with Gasteiger partial charge in [-0.2, -0.15) is 0 Å². The van der Waals surface area contributed by atoms with Crippen LogP contribution < -0.4 is 11.1 Å². The summed E-state index contributed by atoms with van der Waals surface area (Å²) < 4.78 is 33.4. The maximum atomic E-state index is 12.6. The Balaban J connectivity index is 2.26. The van der Waals surface area contributed by atoms with Crippen molar-refractivity contribution in [2.75, 3.05) is 26.4 Å². The lowest BCUT2D eigenvalue weighted by Crippen LogP contribution is -2.33. The third kappa shape index (κ3) is 29.4. The van der Waals surface area contributed by atoms with Crippen molar-refractivity contribution >= 4 is 19.8 Å². The van der Waals surface area contributed by atoms with E-state index in [1.807, 2.05) is 0 Å². The Bertz CT molecular complexity index is 1010. The number of carbonyl (C=O) groups is 2. The highest BCUT2D eigenvalue weighted by Crippen LogP contribution is 2.45. The monoisotopic (exact) mass is 771 g/mol. The Morgan fingerprint density at radius 1 is 0.623 bits per heavy atom. The molecule has 1 aliphatic heterocycles. The number of unbranched alkanes of at least 4 members (excludes halogenated alkanes) is 22. The normalized spacial score (nSPS) is 18.2. The number of ether oxygens (including phenoxy) is 2. The van der Waals surface area contributed by atoms with Crippen LogP contribution in [0.5, 0.6) is 0 Å². The van der Waals surface area contributed by atoms with Crippen molar-refractivity contribution in [3.8, 4) is 0 Å². The lowest BCUT2D eigenvalue weighted by Gasteiger charge is -2.18. The number of rotatable bonds is 39. The highest BCUT2D eigenvalue weighted by Gasteiger charge is 2.59. The molecule has 1 fully saturated rings. The van der Waals surface area contributed by atoms with Crippen molar-refractivity contribution in [2.45, 2.75) is 205 Å². The minimum absolute atomic E-state index is 0.0574. The largest absolute Gasteiger partial charge is 0.472 e. The van der Waals surface area contributed by atoms with E-state index in [0.717, 1.165) is 77.0 Å². The minimum Gasteiger partial charge on any atom is -0.463 e. The van der Waals surface area contributed by atoms with Gasteiger partial charge in [0.15, 0.2) is 6.23 Å². The van der Waals surface area contributed by atoms with Crippen LogP contribution in [0.4, 0.5) is 0 Å². The number of hydrogen-bond acceptors (Lipinski definition) is 9. The molecule has 0 radical (unpaired) electrons. The number of nitrogens with two attached hydrogens (primary N) is 1. The van der Waals surface area contributed by atoms with Crippen LogP contribution in [0.3, 0.4) is 0 Å². The Hall–Kier alpha value is -1.55.